The molecule has 1 amide bonds. The maximum Gasteiger partial charge on any atom is 0.419 e. The number of fused-ring (bicyclic) bond motifs is 3. The Morgan fingerprint density at radius 3 is 2.69 bits per heavy atom. The van der Waals surface area contributed by atoms with Crippen LogP contribution in [0, 0.1) is 5.92 Å². The van der Waals surface area contributed by atoms with Gasteiger partial charge >= 0.3 is 5.76 Å². The van der Waals surface area contributed by atoms with E-state index in [1.54, 1.807) is 18.0 Å². The van der Waals surface area contributed by atoms with Gasteiger partial charge in [-0.2, -0.15) is 4.31 Å². The van der Waals surface area contributed by atoms with Gasteiger partial charge in [0.05, 0.1) is 34.3 Å². The van der Waals surface area contributed by atoms with E-state index in [4.69, 9.17) is 9.40 Å². The lowest BCUT2D eigenvalue weighted by Gasteiger charge is -2.35. The average molecular weight is 589 g/mol. The number of nitrogens with zero attached hydrogens (tertiary/aromatic N) is 5. The molecule has 0 unspecified atom stereocenters. The van der Waals surface area contributed by atoms with Gasteiger partial charge in [0.1, 0.15) is 0 Å². The van der Waals surface area contributed by atoms with E-state index in [0.717, 1.165) is 11.3 Å². The highest BCUT2D eigenvalue weighted by molar-refractivity contribution is 7.89. The van der Waals surface area contributed by atoms with Gasteiger partial charge in [0, 0.05) is 44.4 Å². The molecule has 2 aliphatic heterocycles. The van der Waals surface area contributed by atoms with Crippen LogP contribution in [0.1, 0.15) is 24.1 Å². The molecule has 5 heterocycles. The zero-order valence-corrected chi connectivity index (χ0v) is 23.6. The van der Waals surface area contributed by atoms with Crippen molar-refractivity contribution in [2.24, 2.45) is 13.0 Å². The Balaban J connectivity index is 1.11. The number of carbonyl (C=O) groups is 1. The Morgan fingerprint density at radius 2 is 1.88 bits per heavy atom. The number of benzene rings is 2. The number of H-pyrrole nitrogens is 1. The molecule has 7 rings (SSSR count). The van der Waals surface area contributed by atoms with E-state index >= 15 is 0 Å². The van der Waals surface area contributed by atoms with Gasteiger partial charge in [-0.05, 0) is 37.0 Å². The van der Waals surface area contributed by atoms with Crippen molar-refractivity contribution in [3.05, 3.63) is 86.8 Å². The number of sulfonamides is 1. The van der Waals surface area contributed by atoms with Crippen molar-refractivity contribution in [1.82, 2.24) is 28.4 Å². The SMILES string of the molecule is Cn1c(=O)oc2cc(S(=O)(=O)N3CCC[C@H](C(=O)N4CCc5c(nc6cc(-c7ccccc7)[nH]n6c5=O)C4)C3)ccc21. The highest BCUT2D eigenvalue weighted by Gasteiger charge is 2.37. The van der Waals surface area contributed by atoms with Crippen LogP contribution in [0.25, 0.3) is 28.0 Å². The number of nitrogens with one attached hydrogen (secondary N) is 1. The molecule has 13 heteroatoms. The minimum Gasteiger partial charge on any atom is -0.408 e. The van der Waals surface area contributed by atoms with E-state index in [1.165, 1.54) is 25.5 Å². The second kappa shape index (κ2) is 9.81. The van der Waals surface area contributed by atoms with E-state index in [0.29, 0.717) is 54.8 Å². The Kier molecular flexibility index (Phi) is 6.17. The summed E-state index contributed by atoms with van der Waals surface area (Å²) < 4.78 is 36.3. The summed E-state index contributed by atoms with van der Waals surface area (Å²) in [6.07, 6.45) is 1.47. The zero-order valence-electron chi connectivity index (χ0n) is 22.8. The number of rotatable bonds is 4. The minimum absolute atomic E-state index is 0.0133. The highest BCUT2D eigenvalue weighted by atomic mass is 32.2. The lowest BCUT2D eigenvalue weighted by atomic mass is 9.96. The number of oxazole rings is 1. The normalized spacial score (nSPS) is 18.0. The molecule has 0 bridgehead atoms. The summed E-state index contributed by atoms with van der Waals surface area (Å²) in [6.45, 7) is 0.890. The molecule has 0 saturated carbocycles. The Labute approximate surface area is 239 Å². The Bertz CT molecular complexity index is 2090. The van der Waals surface area contributed by atoms with Crippen LogP contribution in [0.2, 0.25) is 0 Å². The molecule has 1 N–H and O–H groups in total. The molecule has 216 valence electrons. The van der Waals surface area contributed by atoms with Crippen LogP contribution in [0.15, 0.2) is 73.5 Å². The van der Waals surface area contributed by atoms with Crippen molar-refractivity contribution in [1.29, 1.82) is 0 Å². The molecule has 0 spiro atoms. The average Bonchev–Trinajstić information content (AvgIpc) is 3.57. The fourth-order valence-electron chi connectivity index (χ4n) is 5.99. The Morgan fingerprint density at radius 1 is 1.07 bits per heavy atom. The maximum atomic E-state index is 13.7. The van der Waals surface area contributed by atoms with Gasteiger partial charge in [0.15, 0.2) is 11.2 Å². The molecule has 5 aromatic rings. The first-order valence-corrected chi connectivity index (χ1v) is 15.2. The standard InChI is InChI=1S/C29H28N6O6S/c1-32-24-10-9-20(14-25(24)41-29(32)38)42(39,40)34-12-5-8-19(16-34)27(36)33-13-11-21-23(17-33)30-26-15-22(31-35(26)28(21)37)18-6-3-2-4-7-18/h2-4,6-7,9-10,14-15,19,31H,5,8,11-13,16-17H2,1H3/t19-/m0/s1. The van der Waals surface area contributed by atoms with E-state index in [2.05, 4.69) is 5.10 Å². The van der Waals surface area contributed by atoms with Crippen LogP contribution in [0.5, 0.6) is 0 Å². The molecule has 0 aliphatic carbocycles. The van der Waals surface area contributed by atoms with Gasteiger partial charge in [-0.25, -0.2) is 22.7 Å². The fourth-order valence-corrected chi connectivity index (χ4v) is 7.53. The number of aromatic amines is 1. The van der Waals surface area contributed by atoms with E-state index in [9.17, 15) is 22.8 Å². The molecule has 42 heavy (non-hydrogen) atoms. The van der Waals surface area contributed by atoms with Gasteiger partial charge < -0.3 is 9.32 Å². The summed E-state index contributed by atoms with van der Waals surface area (Å²) in [7, 11) is -2.37. The van der Waals surface area contributed by atoms with E-state index < -0.39 is 21.7 Å². The number of hydrogen-bond acceptors (Lipinski definition) is 7. The van der Waals surface area contributed by atoms with Gasteiger partial charge in [0.25, 0.3) is 5.56 Å². The molecule has 1 atom stereocenters. The number of amides is 1. The molecule has 2 aromatic carbocycles. The summed E-state index contributed by atoms with van der Waals surface area (Å²) in [4.78, 5) is 45.2. The van der Waals surface area contributed by atoms with Gasteiger partial charge in [-0.15, -0.1) is 0 Å². The summed E-state index contributed by atoms with van der Waals surface area (Å²) in [5.74, 6) is -1.24. The topological polar surface area (TPSA) is 143 Å². The summed E-state index contributed by atoms with van der Waals surface area (Å²) in [5, 5.41) is 3.14. The van der Waals surface area contributed by atoms with Crippen LogP contribution < -0.4 is 11.3 Å². The first-order valence-electron chi connectivity index (χ1n) is 13.8. The summed E-state index contributed by atoms with van der Waals surface area (Å²) >= 11 is 0. The number of piperidine rings is 1. The minimum atomic E-state index is -3.92. The van der Waals surface area contributed by atoms with Crippen LogP contribution in [-0.4, -0.2) is 62.3 Å². The number of aromatic nitrogens is 4. The largest absolute Gasteiger partial charge is 0.419 e. The molecule has 3 aromatic heterocycles. The predicted octanol–water partition coefficient (Wildman–Crippen LogP) is 2.12. The lowest BCUT2D eigenvalue weighted by molar-refractivity contribution is -0.137. The van der Waals surface area contributed by atoms with Crippen LogP contribution in [0.3, 0.4) is 0 Å². The van der Waals surface area contributed by atoms with Gasteiger partial charge in [-0.3, -0.25) is 19.3 Å². The first kappa shape index (κ1) is 26.4. The molecular formula is C29H28N6O6S. The van der Waals surface area contributed by atoms with Crippen LogP contribution >= 0.6 is 0 Å². The molecule has 12 nitrogen and oxygen atoms in total. The van der Waals surface area contributed by atoms with Crippen molar-refractivity contribution in [3.8, 4) is 11.3 Å². The molecule has 2 aliphatic rings. The number of carbonyl (C=O) groups excluding carboxylic acids is 1. The third-order valence-electron chi connectivity index (χ3n) is 8.30. The fraction of sp³-hybridized carbons (Fsp3) is 0.310. The number of hydrogen-bond donors (Lipinski definition) is 1. The highest BCUT2D eigenvalue weighted by Crippen LogP contribution is 2.28. The number of aryl methyl sites for hydroxylation is 1. The monoisotopic (exact) mass is 588 g/mol. The van der Waals surface area contributed by atoms with Crippen molar-refractivity contribution in [2.75, 3.05) is 19.6 Å². The Hall–Kier alpha value is -4.49. The third-order valence-corrected chi connectivity index (χ3v) is 10.2. The van der Waals surface area contributed by atoms with Gasteiger partial charge in [0.2, 0.25) is 15.9 Å². The van der Waals surface area contributed by atoms with Gasteiger partial charge in [-0.1, -0.05) is 30.3 Å². The van der Waals surface area contributed by atoms with Crippen molar-refractivity contribution >= 4 is 32.7 Å². The van der Waals surface area contributed by atoms with Crippen molar-refractivity contribution in [2.45, 2.75) is 30.7 Å². The van der Waals surface area contributed by atoms with E-state index in [-0.39, 0.29) is 35.0 Å². The molecule has 0 radical (unpaired) electrons. The van der Waals surface area contributed by atoms with Crippen LogP contribution in [0.4, 0.5) is 0 Å². The first-order chi connectivity index (χ1) is 20.2. The maximum absolute atomic E-state index is 13.7. The van der Waals surface area contributed by atoms with Crippen molar-refractivity contribution < 1.29 is 17.6 Å². The summed E-state index contributed by atoms with van der Waals surface area (Å²) in [5.41, 5.74) is 3.84. The lowest BCUT2D eigenvalue weighted by Crippen LogP contribution is -2.48. The zero-order chi connectivity index (χ0) is 29.2. The smallest absolute Gasteiger partial charge is 0.408 e. The van der Waals surface area contributed by atoms with E-state index in [1.807, 2.05) is 36.4 Å². The van der Waals surface area contributed by atoms with Crippen molar-refractivity contribution in [3.63, 3.8) is 0 Å². The molecular weight excluding hydrogens is 560 g/mol. The second-order valence-electron chi connectivity index (χ2n) is 10.8. The predicted molar refractivity (Wildman–Crippen MR) is 153 cm³/mol. The summed E-state index contributed by atoms with van der Waals surface area (Å²) in [6, 6.07) is 15.8. The molecule has 1 fully saturated rings. The van der Waals surface area contributed by atoms with Crippen LogP contribution in [-0.2, 0) is 34.8 Å². The second-order valence-corrected chi connectivity index (χ2v) is 12.8. The molecule has 1 saturated heterocycles. The quantitative estimate of drug-likeness (QED) is 0.339. The third kappa shape index (κ3) is 4.27.